The van der Waals surface area contributed by atoms with Crippen LogP contribution in [-0.2, 0) is 10.0 Å². The monoisotopic (exact) mass is 308 g/mol. The fourth-order valence-electron chi connectivity index (χ4n) is 1.98. The lowest BCUT2D eigenvalue weighted by atomic mass is 10.2. The summed E-state index contributed by atoms with van der Waals surface area (Å²) in [7, 11) is -3.61. The maximum atomic E-state index is 12.3. The number of benzene rings is 1. The molecule has 5 nitrogen and oxygen atoms in total. The summed E-state index contributed by atoms with van der Waals surface area (Å²) < 4.78 is 31.3. The van der Waals surface area contributed by atoms with Crippen LogP contribution in [-0.4, -0.2) is 24.2 Å². The lowest BCUT2D eigenvalue weighted by Crippen LogP contribution is -2.13. The molecule has 1 heterocycles. The highest BCUT2D eigenvalue weighted by Crippen LogP contribution is 2.23. The van der Waals surface area contributed by atoms with Crippen LogP contribution in [0.25, 0.3) is 0 Å². The number of rotatable bonds is 7. The topological polar surface area (TPSA) is 61.2 Å². The average molecular weight is 308 g/mol. The molecule has 21 heavy (non-hydrogen) atoms. The van der Waals surface area contributed by atoms with Gasteiger partial charge in [-0.05, 0) is 43.2 Å². The van der Waals surface area contributed by atoms with Gasteiger partial charge in [0.05, 0.1) is 17.7 Å². The Balaban J connectivity index is 2.16. The SMILES string of the molecule is CCCCCOc1ccc(S(=O)(=O)n2cccn2)cc1C. The molecule has 0 bridgehead atoms. The summed E-state index contributed by atoms with van der Waals surface area (Å²) in [4.78, 5) is 0.213. The van der Waals surface area contributed by atoms with Crippen molar-refractivity contribution in [2.45, 2.75) is 38.0 Å². The van der Waals surface area contributed by atoms with Crippen LogP contribution in [0.3, 0.4) is 0 Å². The van der Waals surface area contributed by atoms with Crippen molar-refractivity contribution < 1.29 is 13.2 Å². The lowest BCUT2D eigenvalue weighted by molar-refractivity contribution is 0.304. The van der Waals surface area contributed by atoms with E-state index in [2.05, 4.69) is 12.0 Å². The molecule has 0 atom stereocenters. The van der Waals surface area contributed by atoms with Crippen molar-refractivity contribution >= 4 is 10.0 Å². The van der Waals surface area contributed by atoms with E-state index < -0.39 is 10.0 Å². The maximum Gasteiger partial charge on any atom is 0.282 e. The van der Waals surface area contributed by atoms with Gasteiger partial charge in [-0.1, -0.05) is 19.8 Å². The number of unbranched alkanes of at least 4 members (excludes halogenated alkanes) is 2. The second-order valence-electron chi connectivity index (χ2n) is 4.87. The molecule has 0 aliphatic heterocycles. The van der Waals surface area contributed by atoms with E-state index in [1.807, 2.05) is 6.92 Å². The molecule has 0 aliphatic rings. The number of aryl methyl sites for hydroxylation is 1. The van der Waals surface area contributed by atoms with E-state index in [0.29, 0.717) is 6.61 Å². The van der Waals surface area contributed by atoms with Crippen molar-refractivity contribution in [1.82, 2.24) is 9.19 Å². The fraction of sp³-hybridized carbons (Fsp3) is 0.400. The highest BCUT2D eigenvalue weighted by atomic mass is 32.2. The van der Waals surface area contributed by atoms with Gasteiger partial charge in [-0.25, -0.2) is 0 Å². The third-order valence-corrected chi connectivity index (χ3v) is 4.73. The minimum absolute atomic E-state index is 0.213. The Morgan fingerprint density at radius 1 is 1.29 bits per heavy atom. The highest BCUT2D eigenvalue weighted by Gasteiger charge is 2.18. The molecule has 2 rings (SSSR count). The van der Waals surface area contributed by atoms with Crippen LogP contribution in [0, 0.1) is 6.92 Å². The van der Waals surface area contributed by atoms with Crippen molar-refractivity contribution in [3.63, 3.8) is 0 Å². The summed E-state index contributed by atoms with van der Waals surface area (Å²) in [5.74, 6) is 0.727. The molecule has 0 saturated heterocycles. The number of nitrogens with zero attached hydrogens (tertiary/aromatic N) is 2. The van der Waals surface area contributed by atoms with Crippen molar-refractivity contribution in [2.75, 3.05) is 6.61 Å². The van der Waals surface area contributed by atoms with Gasteiger partial charge in [-0.15, -0.1) is 0 Å². The molecular formula is C15H20N2O3S. The minimum Gasteiger partial charge on any atom is -0.493 e. The number of hydrogen-bond donors (Lipinski definition) is 0. The van der Waals surface area contributed by atoms with Gasteiger partial charge in [-0.2, -0.15) is 17.6 Å². The van der Waals surface area contributed by atoms with Gasteiger partial charge < -0.3 is 4.74 Å². The first kappa shape index (κ1) is 15.6. The molecule has 114 valence electrons. The number of aromatic nitrogens is 2. The van der Waals surface area contributed by atoms with Crippen LogP contribution < -0.4 is 4.74 Å². The average Bonchev–Trinajstić information content (AvgIpc) is 2.99. The molecule has 0 fully saturated rings. The first-order valence-electron chi connectivity index (χ1n) is 7.04. The summed E-state index contributed by atoms with van der Waals surface area (Å²) in [6.07, 6.45) is 6.13. The second kappa shape index (κ2) is 6.76. The Morgan fingerprint density at radius 3 is 2.71 bits per heavy atom. The summed E-state index contributed by atoms with van der Waals surface area (Å²) in [6.45, 7) is 4.64. The fourth-order valence-corrected chi connectivity index (χ4v) is 3.17. The van der Waals surface area contributed by atoms with Crippen LogP contribution in [0.4, 0.5) is 0 Å². The van der Waals surface area contributed by atoms with E-state index in [4.69, 9.17) is 4.74 Å². The second-order valence-corrected chi connectivity index (χ2v) is 6.66. The molecule has 0 spiro atoms. The van der Waals surface area contributed by atoms with Gasteiger partial charge in [0.25, 0.3) is 10.0 Å². The Bertz CT molecular complexity index is 679. The molecule has 2 aromatic rings. The smallest absolute Gasteiger partial charge is 0.282 e. The molecule has 0 aliphatic carbocycles. The van der Waals surface area contributed by atoms with Gasteiger partial charge in [0, 0.05) is 6.20 Å². The van der Waals surface area contributed by atoms with Gasteiger partial charge >= 0.3 is 0 Å². The predicted octanol–water partition coefficient (Wildman–Crippen LogP) is 3.00. The summed E-state index contributed by atoms with van der Waals surface area (Å²) in [5, 5.41) is 3.78. The van der Waals surface area contributed by atoms with Gasteiger partial charge in [0.1, 0.15) is 5.75 Å². The lowest BCUT2D eigenvalue weighted by Gasteiger charge is -2.11. The van der Waals surface area contributed by atoms with E-state index in [0.717, 1.165) is 34.7 Å². The Morgan fingerprint density at radius 2 is 2.10 bits per heavy atom. The molecule has 6 heteroatoms. The molecule has 0 unspecified atom stereocenters. The first-order chi connectivity index (χ1) is 10.1. The molecule has 0 radical (unpaired) electrons. The third kappa shape index (κ3) is 3.64. The quantitative estimate of drug-likeness (QED) is 0.738. The zero-order chi connectivity index (χ0) is 15.3. The molecule has 0 N–H and O–H groups in total. The van der Waals surface area contributed by atoms with E-state index in [1.54, 1.807) is 24.3 Å². The van der Waals surface area contributed by atoms with E-state index in [-0.39, 0.29) is 4.90 Å². The number of hydrogen-bond acceptors (Lipinski definition) is 4. The van der Waals surface area contributed by atoms with Crippen molar-refractivity contribution in [1.29, 1.82) is 0 Å². The zero-order valence-electron chi connectivity index (χ0n) is 12.3. The van der Waals surface area contributed by atoms with E-state index >= 15 is 0 Å². The minimum atomic E-state index is -3.61. The van der Waals surface area contributed by atoms with Crippen molar-refractivity contribution in [3.8, 4) is 5.75 Å². The standard InChI is InChI=1S/C15H20N2O3S/c1-3-4-5-11-20-15-8-7-14(12-13(15)2)21(18,19)17-10-6-9-16-17/h6-10,12H,3-5,11H2,1-2H3. The van der Waals surface area contributed by atoms with Gasteiger partial charge in [0.2, 0.25) is 0 Å². The van der Waals surface area contributed by atoms with Crippen LogP contribution in [0.1, 0.15) is 31.7 Å². The predicted molar refractivity (Wildman–Crippen MR) is 81.0 cm³/mol. The van der Waals surface area contributed by atoms with Crippen molar-refractivity contribution in [3.05, 3.63) is 42.2 Å². The molecule has 1 aromatic heterocycles. The van der Waals surface area contributed by atoms with Crippen LogP contribution in [0.5, 0.6) is 5.75 Å². The molecule has 0 amide bonds. The Labute approximate surface area is 125 Å². The molecule has 0 saturated carbocycles. The third-order valence-electron chi connectivity index (χ3n) is 3.18. The van der Waals surface area contributed by atoms with E-state index in [9.17, 15) is 8.42 Å². The normalized spacial score (nSPS) is 11.5. The largest absolute Gasteiger partial charge is 0.493 e. The summed E-state index contributed by atoms with van der Waals surface area (Å²) in [5.41, 5.74) is 0.805. The first-order valence-corrected chi connectivity index (χ1v) is 8.48. The Hall–Kier alpha value is -1.82. The van der Waals surface area contributed by atoms with Crippen molar-refractivity contribution in [2.24, 2.45) is 0 Å². The zero-order valence-corrected chi connectivity index (χ0v) is 13.1. The van der Waals surface area contributed by atoms with Crippen LogP contribution in [0.15, 0.2) is 41.6 Å². The summed E-state index contributed by atoms with van der Waals surface area (Å²) in [6, 6.07) is 6.46. The maximum absolute atomic E-state index is 12.3. The molecule has 1 aromatic carbocycles. The van der Waals surface area contributed by atoms with Gasteiger partial charge in [-0.3, -0.25) is 0 Å². The highest BCUT2D eigenvalue weighted by molar-refractivity contribution is 7.89. The van der Waals surface area contributed by atoms with Crippen LogP contribution >= 0.6 is 0 Å². The summed E-state index contributed by atoms with van der Waals surface area (Å²) >= 11 is 0. The number of ether oxygens (including phenoxy) is 1. The van der Waals surface area contributed by atoms with Crippen LogP contribution in [0.2, 0.25) is 0 Å². The Kier molecular flexibility index (Phi) is 5.01. The van der Waals surface area contributed by atoms with Gasteiger partial charge in [0.15, 0.2) is 0 Å². The van der Waals surface area contributed by atoms with E-state index in [1.165, 1.54) is 12.4 Å². The molecular weight excluding hydrogens is 288 g/mol.